The number of nitrogens with one attached hydrogen (secondary N) is 1. The number of benzene rings is 2. The van der Waals surface area contributed by atoms with Crippen LogP contribution in [-0.2, 0) is 11.3 Å². The monoisotopic (exact) mass is 422 g/mol. The lowest BCUT2D eigenvalue weighted by molar-refractivity contribution is -0.123. The lowest BCUT2D eigenvalue weighted by Crippen LogP contribution is -2.39. The zero-order valence-corrected chi connectivity index (χ0v) is 18.2. The molecule has 0 unspecified atom stereocenters. The molecule has 6 heteroatoms. The molecule has 1 fully saturated rings. The van der Waals surface area contributed by atoms with Crippen LogP contribution < -0.4 is 14.8 Å². The van der Waals surface area contributed by atoms with Crippen molar-refractivity contribution in [3.05, 3.63) is 59.2 Å². The van der Waals surface area contributed by atoms with Crippen molar-refractivity contribution in [2.75, 3.05) is 14.2 Å². The number of methoxy groups -OCH3 is 2. The first-order chi connectivity index (χ1) is 15.1. The van der Waals surface area contributed by atoms with Crippen molar-refractivity contribution in [3.8, 4) is 11.5 Å². The number of ether oxygens (including phenoxy) is 2. The minimum atomic E-state index is -0.386. The lowest BCUT2D eigenvalue weighted by Gasteiger charge is -2.30. The molecule has 1 aliphatic carbocycles. The van der Waals surface area contributed by atoms with Gasteiger partial charge in [-0.25, -0.2) is 0 Å². The van der Waals surface area contributed by atoms with Gasteiger partial charge in [0.05, 0.1) is 26.7 Å². The molecular weight excluding hydrogens is 392 g/mol. The van der Waals surface area contributed by atoms with E-state index in [0.29, 0.717) is 23.6 Å². The van der Waals surface area contributed by atoms with E-state index in [1.807, 2.05) is 42.5 Å². The van der Waals surface area contributed by atoms with Gasteiger partial charge in [0.15, 0.2) is 11.5 Å². The summed E-state index contributed by atoms with van der Waals surface area (Å²) < 4.78 is 10.8. The van der Waals surface area contributed by atoms with Crippen molar-refractivity contribution >= 4 is 11.8 Å². The maximum atomic E-state index is 13.2. The molecule has 6 nitrogen and oxygen atoms in total. The van der Waals surface area contributed by atoms with Gasteiger partial charge in [-0.2, -0.15) is 0 Å². The summed E-state index contributed by atoms with van der Waals surface area (Å²) in [5.41, 5.74) is 2.56. The minimum Gasteiger partial charge on any atom is -0.493 e. The fraction of sp³-hybridized carbons (Fsp3) is 0.440. The quantitative estimate of drug-likeness (QED) is 0.725. The SMILES string of the molecule is COc1ccc([C@@H](CC(=O)NC2CCCCC2)N2Cc3ccccc3C2=O)cc1OC. The normalized spacial score (nSPS) is 17.2. The fourth-order valence-corrected chi connectivity index (χ4v) is 4.71. The first-order valence-electron chi connectivity index (χ1n) is 11.0. The molecule has 1 heterocycles. The Morgan fingerprint density at radius 3 is 2.52 bits per heavy atom. The van der Waals surface area contributed by atoms with Crippen LogP contribution in [0.1, 0.15) is 66.1 Å². The number of rotatable bonds is 7. The van der Waals surface area contributed by atoms with Crippen molar-refractivity contribution in [3.63, 3.8) is 0 Å². The maximum Gasteiger partial charge on any atom is 0.255 e. The first kappa shape index (κ1) is 21.2. The van der Waals surface area contributed by atoms with Gasteiger partial charge < -0.3 is 19.7 Å². The van der Waals surface area contributed by atoms with Crippen LogP contribution in [0.15, 0.2) is 42.5 Å². The molecule has 4 rings (SSSR count). The molecule has 31 heavy (non-hydrogen) atoms. The Bertz CT molecular complexity index is 952. The third-order valence-electron chi connectivity index (χ3n) is 6.37. The lowest BCUT2D eigenvalue weighted by atomic mass is 9.95. The van der Waals surface area contributed by atoms with E-state index in [0.717, 1.165) is 36.8 Å². The molecule has 1 N–H and O–H groups in total. The van der Waals surface area contributed by atoms with Crippen molar-refractivity contribution in [2.45, 2.75) is 57.2 Å². The van der Waals surface area contributed by atoms with Crippen LogP contribution in [0.25, 0.3) is 0 Å². The Balaban J connectivity index is 1.61. The average Bonchev–Trinajstić information content (AvgIpc) is 3.14. The highest BCUT2D eigenvalue weighted by molar-refractivity contribution is 5.98. The number of fused-ring (bicyclic) bond motifs is 1. The molecule has 164 valence electrons. The standard InChI is InChI=1S/C25H30N2O4/c1-30-22-13-12-17(14-23(22)31-2)21(15-24(28)26-19-9-4-3-5-10-19)27-16-18-8-6-7-11-20(18)25(27)29/h6-8,11-14,19,21H,3-5,9-10,15-16H2,1-2H3,(H,26,28)/t21-/m1/s1. The molecule has 2 aliphatic rings. The maximum absolute atomic E-state index is 13.2. The summed E-state index contributed by atoms with van der Waals surface area (Å²) in [6.07, 6.45) is 5.82. The summed E-state index contributed by atoms with van der Waals surface area (Å²) in [7, 11) is 3.18. The Morgan fingerprint density at radius 2 is 1.81 bits per heavy atom. The highest BCUT2D eigenvalue weighted by Crippen LogP contribution is 2.37. The molecule has 1 saturated carbocycles. The summed E-state index contributed by atoms with van der Waals surface area (Å²) in [6, 6.07) is 13.1. The van der Waals surface area contributed by atoms with Gasteiger partial charge in [-0.05, 0) is 42.2 Å². The van der Waals surface area contributed by atoms with Crippen LogP contribution >= 0.6 is 0 Å². The topological polar surface area (TPSA) is 67.9 Å². The number of hydrogen-bond acceptors (Lipinski definition) is 4. The van der Waals surface area contributed by atoms with Crippen LogP contribution in [-0.4, -0.2) is 37.0 Å². The van der Waals surface area contributed by atoms with Crippen molar-refractivity contribution in [1.29, 1.82) is 0 Å². The molecule has 0 bridgehead atoms. The molecule has 0 spiro atoms. The summed E-state index contributed by atoms with van der Waals surface area (Å²) in [6.45, 7) is 0.491. The Morgan fingerprint density at radius 1 is 1.06 bits per heavy atom. The van der Waals surface area contributed by atoms with E-state index in [4.69, 9.17) is 9.47 Å². The fourth-order valence-electron chi connectivity index (χ4n) is 4.71. The summed E-state index contributed by atoms with van der Waals surface area (Å²) in [5.74, 6) is 1.14. The van der Waals surface area contributed by atoms with Gasteiger partial charge in [-0.1, -0.05) is 43.5 Å². The number of carbonyl (C=O) groups excluding carboxylic acids is 2. The molecule has 2 aromatic carbocycles. The van der Waals surface area contributed by atoms with E-state index in [-0.39, 0.29) is 30.3 Å². The zero-order chi connectivity index (χ0) is 21.8. The highest BCUT2D eigenvalue weighted by atomic mass is 16.5. The molecular formula is C25H30N2O4. The number of nitrogens with zero attached hydrogens (tertiary/aromatic N) is 1. The smallest absolute Gasteiger partial charge is 0.255 e. The molecule has 0 radical (unpaired) electrons. The molecule has 1 aliphatic heterocycles. The first-order valence-corrected chi connectivity index (χ1v) is 11.0. The second kappa shape index (κ2) is 9.41. The highest BCUT2D eigenvalue weighted by Gasteiger charge is 2.35. The average molecular weight is 423 g/mol. The minimum absolute atomic E-state index is 0.0181. The van der Waals surface area contributed by atoms with Crippen LogP contribution in [0, 0.1) is 0 Å². The van der Waals surface area contributed by atoms with E-state index in [9.17, 15) is 9.59 Å². The second-order valence-corrected chi connectivity index (χ2v) is 8.33. The van der Waals surface area contributed by atoms with Gasteiger partial charge in [0.1, 0.15) is 0 Å². The number of amides is 2. The third kappa shape index (κ3) is 4.53. The van der Waals surface area contributed by atoms with Crippen LogP contribution in [0.2, 0.25) is 0 Å². The summed E-state index contributed by atoms with van der Waals surface area (Å²) in [4.78, 5) is 28.0. The van der Waals surface area contributed by atoms with Gasteiger partial charge in [-0.15, -0.1) is 0 Å². The van der Waals surface area contributed by atoms with Gasteiger partial charge in [0, 0.05) is 18.2 Å². The Hall–Kier alpha value is -3.02. The molecule has 0 aromatic heterocycles. The van der Waals surface area contributed by atoms with Crippen LogP contribution in [0.4, 0.5) is 0 Å². The van der Waals surface area contributed by atoms with E-state index in [2.05, 4.69) is 5.32 Å². The predicted octanol–water partition coefficient (Wildman–Crippen LogP) is 4.24. The number of carbonyl (C=O) groups is 2. The Kier molecular flexibility index (Phi) is 6.44. The van der Waals surface area contributed by atoms with Gasteiger partial charge in [0.2, 0.25) is 5.91 Å². The van der Waals surface area contributed by atoms with Gasteiger partial charge in [-0.3, -0.25) is 9.59 Å². The van der Waals surface area contributed by atoms with Crippen LogP contribution in [0.3, 0.4) is 0 Å². The summed E-state index contributed by atoms with van der Waals surface area (Å²) >= 11 is 0. The zero-order valence-electron chi connectivity index (χ0n) is 18.2. The summed E-state index contributed by atoms with van der Waals surface area (Å²) in [5, 5.41) is 3.20. The van der Waals surface area contributed by atoms with Crippen molar-refractivity contribution in [2.24, 2.45) is 0 Å². The van der Waals surface area contributed by atoms with E-state index in [1.54, 1.807) is 19.1 Å². The van der Waals surface area contributed by atoms with Gasteiger partial charge >= 0.3 is 0 Å². The van der Waals surface area contributed by atoms with E-state index in [1.165, 1.54) is 6.42 Å². The molecule has 1 atom stereocenters. The van der Waals surface area contributed by atoms with Crippen LogP contribution in [0.5, 0.6) is 11.5 Å². The molecule has 0 saturated heterocycles. The van der Waals surface area contributed by atoms with E-state index < -0.39 is 0 Å². The molecule has 2 amide bonds. The van der Waals surface area contributed by atoms with E-state index >= 15 is 0 Å². The van der Waals surface area contributed by atoms with Crippen molar-refractivity contribution in [1.82, 2.24) is 10.2 Å². The number of hydrogen-bond donors (Lipinski definition) is 1. The third-order valence-corrected chi connectivity index (χ3v) is 6.37. The largest absolute Gasteiger partial charge is 0.493 e. The Labute approximate surface area is 183 Å². The van der Waals surface area contributed by atoms with Gasteiger partial charge in [0.25, 0.3) is 5.91 Å². The molecule has 2 aromatic rings. The predicted molar refractivity (Wildman–Crippen MR) is 118 cm³/mol. The second-order valence-electron chi connectivity index (χ2n) is 8.33. The van der Waals surface area contributed by atoms with Crippen molar-refractivity contribution < 1.29 is 19.1 Å².